The van der Waals surface area contributed by atoms with Gasteiger partial charge in [-0.1, -0.05) is 41.4 Å². The molecular weight excluding hydrogens is 633 g/mol. The number of pyridine rings is 2. The maximum atomic E-state index is 13.1. The number of carbonyl (C=O) groups excluding carboxylic acids is 2. The topological polar surface area (TPSA) is 132 Å². The third-order valence-electron chi connectivity index (χ3n) is 8.50. The van der Waals surface area contributed by atoms with Crippen LogP contribution in [0.4, 0.5) is 5.69 Å². The van der Waals surface area contributed by atoms with E-state index in [2.05, 4.69) is 15.2 Å². The highest BCUT2D eigenvalue weighted by atomic mass is 35.5. The number of carbonyl (C=O) groups is 2. The van der Waals surface area contributed by atoms with Crippen LogP contribution < -0.4 is 21.3 Å². The average Bonchev–Trinajstić information content (AvgIpc) is 2.99. The molecule has 3 aromatic heterocycles. The molecule has 14 heteroatoms. The summed E-state index contributed by atoms with van der Waals surface area (Å²) >= 11 is 13.7. The van der Waals surface area contributed by atoms with Crippen molar-refractivity contribution in [1.82, 2.24) is 28.9 Å². The highest BCUT2D eigenvalue weighted by molar-refractivity contribution is 6.39. The summed E-state index contributed by atoms with van der Waals surface area (Å²) < 4.78 is 7.66. The number of benzene rings is 1. The maximum absolute atomic E-state index is 13.1. The molecule has 0 aliphatic carbocycles. The van der Waals surface area contributed by atoms with Crippen LogP contribution in [0.3, 0.4) is 0 Å². The first-order valence-corrected chi connectivity index (χ1v) is 15.2. The van der Waals surface area contributed by atoms with Gasteiger partial charge < -0.3 is 19.5 Å². The zero-order valence-electron chi connectivity index (χ0n) is 25.6. The Labute approximate surface area is 274 Å². The van der Waals surface area contributed by atoms with E-state index in [0.29, 0.717) is 40.0 Å². The van der Waals surface area contributed by atoms with Crippen molar-refractivity contribution in [1.29, 1.82) is 0 Å². The number of anilines is 1. The molecule has 238 valence electrons. The molecule has 0 radical (unpaired) electrons. The lowest BCUT2D eigenvalue weighted by molar-refractivity contribution is -0.157. The Hall–Kier alpha value is -4.52. The van der Waals surface area contributed by atoms with E-state index in [1.807, 2.05) is 17.0 Å². The lowest BCUT2D eigenvalue weighted by atomic mass is 9.72. The predicted octanol–water partition coefficient (Wildman–Crippen LogP) is 3.44. The van der Waals surface area contributed by atoms with Crippen LogP contribution in [-0.2, 0) is 25.4 Å². The van der Waals surface area contributed by atoms with Gasteiger partial charge in [0.25, 0.3) is 11.5 Å². The van der Waals surface area contributed by atoms with Crippen molar-refractivity contribution in [3.63, 3.8) is 0 Å². The highest BCUT2D eigenvalue weighted by Gasteiger charge is 2.52. The Morgan fingerprint density at radius 3 is 2.41 bits per heavy atom. The number of amides is 2. The van der Waals surface area contributed by atoms with Crippen molar-refractivity contribution < 1.29 is 14.3 Å². The monoisotopic (exact) mass is 663 g/mol. The molecule has 2 saturated heterocycles. The van der Waals surface area contributed by atoms with Gasteiger partial charge in [-0.2, -0.15) is 0 Å². The largest absolute Gasteiger partial charge is 0.481 e. The molecule has 0 bridgehead atoms. The molecule has 6 rings (SSSR count). The number of nitrogens with one attached hydrogen (secondary N) is 1. The van der Waals surface area contributed by atoms with Gasteiger partial charge in [-0.15, -0.1) is 0 Å². The van der Waals surface area contributed by atoms with Crippen molar-refractivity contribution >= 4 is 40.7 Å². The number of likely N-dealkylation sites (tertiary alicyclic amines) is 2. The molecule has 5 heterocycles. The summed E-state index contributed by atoms with van der Waals surface area (Å²) in [6, 6.07) is 10.6. The van der Waals surface area contributed by atoms with Crippen LogP contribution in [0.15, 0.2) is 58.4 Å². The molecule has 0 atom stereocenters. The Balaban J connectivity index is 1.23. The standard InChI is InChI=1S/C32H31Cl2N7O5/c1-18(42)41-16-32(17-41)14-40(15-32)12-19-8-9-24(37-29(19)46-4)27-26(34)21(10-11-35-27)20-6-5-7-23(25(20)33)36-28(43)22-13-38(2)31(45)39(3)30(22)44/h5-11,13H,12,14-17H2,1-4H3,(H,36,43). The van der Waals surface area contributed by atoms with Crippen LogP contribution in [0.2, 0.25) is 10.0 Å². The minimum Gasteiger partial charge on any atom is -0.481 e. The van der Waals surface area contributed by atoms with Gasteiger partial charge in [-0.25, -0.2) is 9.78 Å². The number of methoxy groups -OCH3 is 1. The molecular formula is C32H31Cl2N7O5. The normalized spacial score (nSPS) is 15.3. The minimum absolute atomic E-state index is 0.120. The first-order chi connectivity index (χ1) is 21.9. The SMILES string of the molecule is COc1nc(-c2nccc(-c3cccc(NC(=O)c4cn(C)c(=O)n(C)c4=O)c3Cl)c2Cl)ccc1CN1CC2(C1)CN(C(C)=O)C2. The number of aryl methyl sites for hydroxylation is 1. The van der Waals surface area contributed by atoms with E-state index in [4.69, 9.17) is 32.9 Å². The number of ether oxygens (including phenoxy) is 1. The number of aromatic nitrogens is 4. The van der Waals surface area contributed by atoms with E-state index in [1.54, 1.807) is 44.5 Å². The Bertz CT molecular complexity index is 2010. The summed E-state index contributed by atoms with van der Waals surface area (Å²) in [5, 5.41) is 3.17. The number of hydrogen-bond acceptors (Lipinski definition) is 8. The third kappa shape index (κ3) is 5.57. The van der Waals surface area contributed by atoms with E-state index < -0.39 is 17.2 Å². The Morgan fingerprint density at radius 1 is 1.00 bits per heavy atom. The van der Waals surface area contributed by atoms with Crippen LogP contribution in [-0.4, -0.2) is 74.0 Å². The zero-order chi connectivity index (χ0) is 32.9. The Morgan fingerprint density at radius 2 is 1.72 bits per heavy atom. The quantitative estimate of drug-likeness (QED) is 0.318. The van der Waals surface area contributed by atoms with Crippen molar-refractivity contribution in [2.45, 2.75) is 13.5 Å². The molecule has 2 aliphatic rings. The summed E-state index contributed by atoms with van der Waals surface area (Å²) in [6.07, 6.45) is 2.78. The molecule has 2 fully saturated rings. The van der Waals surface area contributed by atoms with Gasteiger partial charge in [0.05, 0.1) is 28.5 Å². The highest BCUT2D eigenvalue weighted by Crippen LogP contribution is 2.42. The van der Waals surface area contributed by atoms with Crippen LogP contribution in [0.5, 0.6) is 5.88 Å². The van der Waals surface area contributed by atoms with Gasteiger partial charge >= 0.3 is 5.69 Å². The maximum Gasteiger partial charge on any atom is 0.330 e. The fraction of sp³-hybridized carbons (Fsp3) is 0.312. The van der Waals surface area contributed by atoms with E-state index in [1.165, 1.54) is 20.3 Å². The van der Waals surface area contributed by atoms with Crippen LogP contribution in [0, 0.1) is 5.41 Å². The van der Waals surface area contributed by atoms with E-state index in [0.717, 1.165) is 40.9 Å². The molecule has 0 saturated carbocycles. The molecule has 0 unspecified atom stereocenters. The summed E-state index contributed by atoms with van der Waals surface area (Å²) in [7, 11) is 4.32. The lowest BCUT2D eigenvalue weighted by Crippen LogP contribution is -2.72. The molecule has 1 spiro atoms. The van der Waals surface area contributed by atoms with Crippen LogP contribution in [0.25, 0.3) is 22.5 Å². The first-order valence-electron chi connectivity index (χ1n) is 14.4. The van der Waals surface area contributed by atoms with Crippen LogP contribution >= 0.6 is 23.2 Å². The van der Waals surface area contributed by atoms with Crippen molar-refractivity contribution in [2.24, 2.45) is 19.5 Å². The van der Waals surface area contributed by atoms with Gasteiger partial charge in [0.1, 0.15) is 11.3 Å². The lowest BCUT2D eigenvalue weighted by Gasteiger charge is -2.60. The van der Waals surface area contributed by atoms with E-state index in [9.17, 15) is 19.2 Å². The second kappa shape index (κ2) is 12.0. The van der Waals surface area contributed by atoms with Crippen molar-refractivity contribution in [3.05, 3.63) is 90.8 Å². The van der Waals surface area contributed by atoms with Gasteiger partial charge in [0, 0.05) is 88.2 Å². The van der Waals surface area contributed by atoms with Crippen LogP contribution in [0.1, 0.15) is 22.8 Å². The minimum atomic E-state index is -0.725. The van der Waals surface area contributed by atoms with E-state index >= 15 is 0 Å². The molecule has 2 aliphatic heterocycles. The summed E-state index contributed by atoms with van der Waals surface area (Å²) in [4.78, 5) is 62.6. The first kappa shape index (κ1) is 31.5. The summed E-state index contributed by atoms with van der Waals surface area (Å²) in [5.74, 6) is -0.129. The Kier molecular flexibility index (Phi) is 8.21. The van der Waals surface area contributed by atoms with Gasteiger partial charge in [-0.3, -0.25) is 28.8 Å². The molecule has 12 nitrogen and oxygen atoms in total. The smallest absolute Gasteiger partial charge is 0.330 e. The molecule has 46 heavy (non-hydrogen) atoms. The van der Waals surface area contributed by atoms with Crippen molar-refractivity contribution in [2.75, 3.05) is 38.6 Å². The fourth-order valence-electron chi connectivity index (χ4n) is 6.16. The number of rotatable bonds is 7. The molecule has 1 aromatic carbocycles. The summed E-state index contributed by atoms with van der Waals surface area (Å²) in [6.45, 7) is 5.72. The average molecular weight is 665 g/mol. The molecule has 1 N–H and O–H groups in total. The molecule has 2 amide bonds. The second-order valence-electron chi connectivity index (χ2n) is 11.8. The summed E-state index contributed by atoms with van der Waals surface area (Å²) in [5.41, 5.74) is 1.90. The zero-order valence-corrected chi connectivity index (χ0v) is 27.1. The third-order valence-corrected chi connectivity index (χ3v) is 9.29. The van der Waals surface area contributed by atoms with Gasteiger partial charge in [0.15, 0.2) is 0 Å². The predicted molar refractivity (Wildman–Crippen MR) is 174 cm³/mol. The number of halogens is 2. The van der Waals surface area contributed by atoms with Gasteiger partial charge in [0.2, 0.25) is 11.8 Å². The molecule has 4 aromatic rings. The van der Waals surface area contributed by atoms with E-state index in [-0.39, 0.29) is 27.6 Å². The second-order valence-corrected chi connectivity index (χ2v) is 12.6. The van der Waals surface area contributed by atoms with Crippen molar-refractivity contribution in [3.8, 4) is 28.4 Å². The van der Waals surface area contributed by atoms with Gasteiger partial charge in [-0.05, 0) is 18.2 Å². The number of hydrogen-bond donors (Lipinski definition) is 1. The number of nitrogens with zero attached hydrogens (tertiary/aromatic N) is 6. The fourth-order valence-corrected chi connectivity index (χ4v) is 6.75.